The summed E-state index contributed by atoms with van der Waals surface area (Å²) in [5.41, 5.74) is 7.23. The Morgan fingerprint density at radius 2 is 1.77 bits per heavy atom. The Kier molecular flexibility index (Phi) is 6.92. The predicted octanol–water partition coefficient (Wildman–Crippen LogP) is 3.32. The summed E-state index contributed by atoms with van der Waals surface area (Å²) in [6.45, 7) is 11.6. The first-order chi connectivity index (χ1) is 9.40. The number of phenols is 1. The van der Waals surface area contributed by atoms with E-state index >= 15 is 0 Å². The van der Waals surface area contributed by atoms with Gasteiger partial charge >= 0.3 is 5.97 Å². The molecule has 126 valence electrons. The van der Waals surface area contributed by atoms with Crippen LogP contribution in [0.25, 0.3) is 0 Å². The Bertz CT molecular complexity index is 516. The van der Waals surface area contributed by atoms with Crippen LogP contribution >= 0.6 is 12.4 Å². The maximum absolute atomic E-state index is 12.0. The standard InChI is InChI=1S/C17H27NO3.ClH/c1-16(2,3)13-10-12(19)8-7-11(13)9-14(18)15(20)21-17(4,5)6;/h7-8,10,14,19H,9,18H2,1-6H3;1H/t14-;/m0./s1. The van der Waals surface area contributed by atoms with Crippen LogP contribution in [0.2, 0.25) is 0 Å². The van der Waals surface area contributed by atoms with Gasteiger partial charge in [0.1, 0.15) is 17.4 Å². The van der Waals surface area contributed by atoms with Crippen LogP contribution in [0.15, 0.2) is 18.2 Å². The summed E-state index contributed by atoms with van der Waals surface area (Å²) in [5.74, 6) is -0.190. The Morgan fingerprint density at radius 3 is 2.23 bits per heavy atom. The van der Waals surface area contributed by atoms with Gasteiger partial charge in [0.05, 0.1) is 0 Å². The van der Waals surface area contributed by atoms with Gasteiger partial charge in [-0.15, -0.1) is 12.4 Å². The molecule has 0 aliphatic heterocycles. The van der Waals surface area contributed by atoms with Gasteiger partial charge < -0.3 is 15.6 Å². The first-order valence-electron chi connectivity index (χ1n) is 7.21. The number of carbonyl (C=O) groups is 1. The van der Waals surface area contributed by atoms with Crippen molar-refractivity contribution < 1.29 is 14.6 Å². The molecule has 1 rings (SSSR count). The van der Waals surface area contributed by atoms with E-state index in [2.05, 4.69) is 20.8 Å². The average Bonchev–Trinajstić information content (AvgIpc) is 2.27. The first kappa shape index (κ1) is 20.7. The van der Waals surface area contributed by atoms with Crippen LogP contribution in [0.3, 0.4) is 0 Å². The molecule has 1 aromatic rings. The van der Waals surface area contributed by atoms with E-state index in [4.69, 9.17) is 10.5 Å². The Balaban J connectivity index is 0.00000441. The summed E-state index contributed by atoms with van der Waals surface area (Å²) in [7, 11) is 0. The number of halogens is 1. The van der Waals surface area contributed by atoms with Gasteiger partial charge in [-0.3, -0.25) is 4.79 Å². The molecule has 1 aromatic carbocycles. The van der Waals surface area contributed by atoms with Crippen molar-refractivity contribution in [3.8, 4) is 5.75 Å². The van der Waals surface area contributed by atoms with Crippen molar-refractivity contribution in [3.05, 3.63) is 29.3 Å². The maximum atomic E-state index is 12.0. The number of rotatable bonds is 3. The van der Waals surface area contributed by atoms with Gasteiger partial charge in [-0.1, -0.05) is 26.8 Å². The molecule has 0 fully saturated rings. The molecule has 0 aliphatic carbocycles. The zero-order valence-electron chi connectivity index (χ0n) is 14.3. The van der Waals surface area contributed by atoms with Gasteiger partial charge in [-0.25, -0.2) is 0 Å². The lowest BCUT2D eigenvalue weighted by molar-refractivity contribution is -0.156. The minimum Gasteiger partial charge on any atom is -0.508 e. The molecule has 0 unspecified atom stereocenters. The van der Waals surface area contributed by atoms with Gasteiger partial charge in [-0.2, -0.15) is 0 Å². The molecule has 0 saturated carbocycles. The fourth-order valence-corrected chi connectivity index (χ4v) is 2.14. The highest BCUT2D eigenvalue weighted by Crippen LogP contribution is 2.29. The Morgan fingerprint density at radius 1 is 1.23 bits per heavy atom. The second-order valence-corrected chi connectivity index (χ2v) is 7.44. The van der Waals surface area contributed by atoms with E-state index in [9.17, 15) is 9.90 Å². The monoisotopic (exact) mass is 329 g/mol. The smallest absolute Gasteiger partial charge is 0.323 e. The van der Waals surface area contributed by atoms with Crippen molar-refractivity contribution in [2.75, 3.05) is 0 Å². The van der Waals surface area contributed by atoms with Crippen LogP contribution < -0.4 is 5.73 Å². The van der Waals surface area contributed by atoms with Crippen LogP contribution in [0.5, 0.6) is 5.75 Å². The van der Waals surface area contributed by atoms with Gasteiger partial charge in [0.25, 0.3) is 0 Å². The highest BCUT2D eigenvalue weighted by Gasteiger charge is 2.25. The van der Waals surface area contributed by atoms with Gasteiger partial charge in [0.2, 0.25) is 0 Å². The van der Waals surface area contributed by atoms with Crippen LogP contribution in [0.1, 0.15) is 52.7 Å². The number of phenolic OH excluding ortho intramolecular Hbond substituents is 1. The number of aromatic hydroxyl groups is 1. The summed E-state index contributed by atoms with van der Waals surface area (Å²) in [6, 6.07) is 4.46. The number of nitrogens with two attached hydrogens (primary N) is 1. The normalized spacial score (nSPS) is 13.2. The molecule has 0 saturated heterocycles. The third kappa shape index (κ3) is 6.24. The zero-order valence-corrected chi connectivity index (χ0v) is 15.1. The summed E-state index contributed by atoms with van der Waals surface area (Å²) in [5, 5.41) is 9.67. The minimum absolute atomic E-state index is 0. The quantitative estimate of drug-likeness (QED) is 0.834. The van der Waals surface area contributed by atoms with Crippen molar-refractivity contribution in [2.45, 2.75) is 65.0 Å². The Labute approximate surface area is 139 Å². The van der Waals surface area contributed by atoms with Crippen LogP contribution in [-0.2, 0) is 21.4 Å². The largest absolute Gasteiger partial charge is 0.508 e. The van der Waals surface area contributed by atoms with Crippen molar-refractivity contribution >= 4 is 18.4 Å². The van der Waals surface area contributed by atoms with E-state index in [0.29, 0.717) is 6.42 Å². The van der Waals surface area contributed by atoms with E-state index in [-0.39, 0.29) is 23.6 Å². The summed E-state index contributed by atoms with van der Waals surface area (Å²) in [4.78, 5) is 12.0. The molecule has 0 aliphatic rings. The second kappa shape index (κ2) is 7.34. The van der Waals surface area contributed by atoms with Crippen molar-refractivity contribution in [1.82, 2.24) is 0 Å². The number of ether oxygens (including phenoxy) is 1. The highest BCUT2D eigenvalue weighted by atomic mass is 35.5. The average molecular weight is 330 g/mol. The maximum Gasteiger partial charge on any atom is 0.323 e. The van der Waals surface area contributed by atoms with E-state index in [1.807, 2.05) is 26.8 Å². The molecule has 0 bridgehead atoms. The van der Waals surface area contributed by atoms with Crippen molar-refractivity contribution in [1.29, 1.82) is 0 Å². The number of esters is 1. The molecule has 0 amide bonds. The number of hydrogen-bond acceptors (Lipinski definition) is 4. The van der Waals surface area contributed by atoms with Crippen LogP contribution in [0, 0.1) is 0 Å². The molecule has 4 nitrogen and oxygen atoms in total. The predicted molar refractivity (Wildman–Crippen MR) is 91.6 cm³/mol. The topological polar surface area (TPSA) is 72.5 Å². The van der Waals surface area contributed by atoms with Crippen molar-refractivity contribution in [3.63, 3.8) is 0 Å². The molecule has 3 N–H and O–H groups in total. The zero-order chi connectivity index (χ0) is 16.4. The number of benzene rings is 1. The fourth-order valence-electron chi connectivity index (χ4n) is 2.14. The van der Waals surface area contributed by atoms with Gasteiger partial charge in [-0.05, 0) is 55.9 Å². The second-order valence-electron chi connectivity index (χ2n) is 7.44. The molecule has 0 radical (unpaired) electrons. The summed E-state index contributed by atoms with van der Waals surface area (Å²) < 4.78 is 5.31. The third-order valence-electron chi connectivity index (χ3n) is 3.05. The first-order valence-corrected chi connectivity index (χ1v) is 7.21. The minimum atomic E-state index is -0.713. The fraction of sp³-hybridized carbons (Fsp3) is 0.588. The molecular weight excluding hydrogens is 302 g/mol. The van der Waals surface area contributed by atoms with E-state index in [1.54, 1.807) is 12.1 Å². The van der Waals surface area contributed by atoms with E-state index < -0.39 is 17.6 Å². The van der Waals surface area contributed by atoms with Crippen LogP contribution in [0.4, 0.5) is 0 Å². The lowest BCUT2D eigenvalue weighted by Crippen LogP contribution is -2.39. The molecule has 0 aromatic heterocycles. The number of carbonyl (C=O) groups excluding carboxylic acids is 1. The Hall–Kier alpha value is -1.26. The lowest BCUT2D eigenvalue weighted by Gasteiger charge is -2.26. The van der Waals surface area contributed by atoms with Gasteiger partial charge in [0.15, 0.2) is 0 Å². The van der Waals surface area contributed by atoms with Crippen molar-refractivity contribution in [2.24, 2.45) is 5.73 Å². The lowest BCUT2D eigenvalue weighted by atomic mass is 9.82. The summed E-state index contributed by atoms with van der Waals surface area (Å²) >= 11 is 0. The molecule has 1 atom stereocenters. The number of hydrogen-bond donors (Lipinski definition) is 2. The van der Waals surface area contributed by atoms with Gasteiger partial charge in [0, 0.05) is 0 Å². The molecule has 0 heterocycles. The molecule has 5 heteroatoms. The molecule has 22 heavy (non-hydrogen) atoms. The third-order valence-corrected chi connectivity index (χ3v) is 3.05. The highest BCUT2D eigenvalue weighted by molar-refractivity contribution is 5.85. The van der Waals surface area contributed by atoms with E-state index in [1.165, 1.54) is 0 Å². The summed E-state index contributed by atoms with van der Waals surface area (Å²) in [6.07, 6.45) is 0.391. The molecular formula is C17H28ClNO3. The van der Waals surface area contributed by atoms with Crippen LogP contribution in [-0.4, -0.2) is 22.7 Å². The van der Waals surface area contributed by atoms with E-state index in [0.717, 1.165) is 11.1 Å². The SMILES string of the molecule is CC(C)(C)OC(=O)[C@@H](N)Cc1ccc(O)cc1C(C)(C)C.Cl. The molecule has 0 spiro atoms.